The molecule has 1 saturated heterocycles. The number of imidazole rings is 1. The summed E-state index contributed by atoms with van der Waals surface area (Å²) < 4.78 is 0. The van der Waals surface area contributed by atoms with E-state index in [1.165, 1.54) is 5.69 Å². The number of carbonyl (C=O) groups excluding carboxylic acids is 1. The minimum atomic E-state index is -0.116. The van der Waals surface area contributed by atoms with E-state index in [2.05, 4.69) is 68.5 Å². The van der Waals surface area contributed by atoms with Crippen LogP contribution >= 0.6 is 11.6 Å². The van der Waals surface area contributed by atoms with Gasteiger partial charge in [0, 0.05) is 57.6 Å². The first kappa shape index (κ1) is 23.3. The standard InChI is InChI=1S/C27H32ClN7O/c1-33(2)27(36)21-17-4-5-18(14-17)22(21)30-23-20(28)15-29-26-24(23)31-25(32-26)16-6-8-19(9-7-16)35-12-10-34(3)11-13-35/h4-9,15,17-18,21-22H,10-14H2,1-3H3,(H2,29,30,31,32)/t17-,18-,21-,22-/m1/s1. The van der Waals surface area contributed by atoms with Gasteiger partial charge >= 0.3 is 0 Å². The number of carbonyl (C=O) groups is 1. The molecule has 188 valence electrons. The van der Waals surface area contributed by atoms with Crippen LogP contribution in [-0.2, 0) is 4.79 Å². The summed E-state index contributed by atoms with van der Waals surface area (Å²) in [5, 5.41) is 4.13. The fraction of sp³-hybridized carbons (Fsp3) is 0.444. The number of H-pyrrole nitrogens is 1. The third-order valence-corrected chi connectivity index (χ3v) is 8.26. The number of benzene rings is 1. The van der Waals surface area contributed by atoms with Gasteiger partial charge in [0.1, 0.15) is 11.3 Å². The van der Waals surface area contributed by atoms with E-state index in [0.717, 1.165) is 49.7 Å². The lowest BCUT2D eigenvalue weighted by Crippen LogP contribution is -2.44. The topological polar surface area (TPSA) is 80.4 Å². The molecule has 9 heteroatoms. The fourth-order valence-corrected chi connectivity index (χ4v) is 6.11. The number of nitrogens with one attached hydrogen (secondary N) is 2. The molecule has 36 heavy (non-hydrogen) atoms. The zero-order valence-electron chi connectivity index (χ0n) is 20.9. The number of allylic oxidation sites excluding steroid dienone is 1. The fourth-order valence-electron chi connectivity index (χ4n) is 5.92. The second-order valence-electron chi connectivity index (χ2n) is 10.5. The van der Waals surface area contributed by atoms with Crippen LogP contribution in [-0.4, -0.2) is 84.0 Å². The average molecular weight is 506 g/mol. The number of piperazine rings is 1. The van der Waals surface area contributed by atoms with Crippen LogP contribution in [0.3, 0.4) is 0 Å². The summed E-state index contributed by atoms with van der Waals surface area (Å²) in [4.78, 5) is 32.2. The number of likely N-dealkylation sites (N-methyl/N-ethyl adjacent to an activating group) is 1. The highest BCUT2D eigenvalue weighted by molar-refractivity contribution is 6.34. The summed E-state index contributed by atoms with van der Waals surface area (Å²) in [6.07, 6.45) is 7.05. The molecule has 1 aliphatic heterocycles. The molecule has 3 heterocycles. The van der Waals surface area contributed by atoms with Crippen molar-refractivity contribution in [2.75, 3.05) is 57.5 Å². The largest absolute Gasteiger partial charge is 0.378 e. The van der Waals surface area contributed by atoms with E-state index in [1.54, 1.807) is 11.1 Å². The van der Waals surface area contributed by atoms with Gasteiger partial charge in [-0.05, 0) is 49.6 Å². The van der Waals surface area contributed by atoms with E-state index in [-0.39, 0.29) is 23.8 Å². The van der Waals surface area contributed by atoms with Gasteiger partial charge in [0.15, 0.2) is 5.65 Å². The summed E-state index contributed by atoms with van der Waals surface area (Å²) in [5.74, 6) is 1.33. The Labute approximate surface area is 216 Å². The summed E-state index contributed by atoms with van der Waals surface area (Å²) >= 11 is 6.64. The molecule has 6 rings (SSSR count). The van der Waals surface area contributed by atoms with Crippen molar-refractivity contribution in [1.29, 1.82) is 0 Å². The highest BCUT2D eigenvalue weighted by Crippen LogP contribution is 2.46. The first-order chi connectivity index (χ1) is 17.4. The Morgan fingerprint density at radius 3 is 2.56 bits per heavy atom. The number of hydrogen-bond acceptors (Lipinski definition) is 6. The molecule has 2 aliphatic carbocycles. The maximum absolute atomic E-state index is 13.0. The normalized spacial score (nSPS) is 25.6. The average Bonchev–Trinajstić information content (AvgIpc) is 3.61. The van der Waals surface area contributed by atoms with E-state index in [9.17, 15) is 4.79 Å². The number of hydrogen-bond donors (Lipinski definition) is 2. The molecule has 3 aliphatic rings. The predicted octanol–water partition coefficient (Wildman–Crippen LogP) is 3.72. The zero-order chi connectivity index (χ0) is 25.0. The maximum atomic E-state index is 13.0. The second kappa shape index (κ2) is 9.09. The van der Waals surface area contributed by atoms with Crippen LogP contribution in [0.4, 0.5) is 11.4 Å². The van der Waals surface area contributed by atoms with Gasteiger partial charge in [-0.15, -0.1) is 0 Å². The Hall–Kier alpha value is -3.10. The molecule has 1 saturated carbocycles. The van der Waals surface area contributed by atoms with Crippen molar-refractivity contribution in [2.24, 2.45) is 17.8 Å². The number of anilines is 2. The van der Waals surface area contributed by atoms with E-state index < -0.39 is 0 Å². The molecule has 2 fully saturated rings. The molecule has 0 unspecified atom stereocenters. The molecular formula is C27H32ClN7O. The number of halogens is 1. The third kappa shape index (κ3) is 4.02. The van der Waals surface area contributed by atoms with Crippen LogP contribution in [0.15, 0.2) is 42.6 Å². The number of aromatic nitrogens is 3. The molecule has 1 amide bonds. The molecule has 4 atom stereocenters. The van der Waals surface area contributed by atoms with Crippen molar-refractivity contribution < 1.29 is 4.79 Å². The van der Waals surface area contributed by atoms with Crippen molar-refractivity contribution in [2.45, 2.75) is 12.5 Å². The third-order valence-electron chi connectivity index (χ3n) is 7.97. The second-order valence-corrected chi connectivity index (χ2v) is 10.9. The van der Waals surface area contributed by atoms with Gasteiger partial charge in [-0.2, -0.15) is 0 Å². The van der Waals surface area contributed by atoms with Gasteiger partial charge in [-0.3, -0.25) is 4.79 Å². The first-order valence-corrected chi connectivity index (χ1v) is 13.0. The Bertz CT molecular complexity index is 1310. The summed E-state index contributed by atoms with van der Waals surface area (Å²) in [6.45, 7) is 4.22. The Balaban J connectivity index is 1.29. The molecule has 0 spiro atoms. The molecule has 0 radical (unpaired) electrons. The number of amides is 1. The Morgan fingerprint density at radius 2 is 1.83 bits per heavy atom. The summed E-state index contributed by atoms with van der Waals surface area (Å²) in [7, 11) is 5.81. The minimum Gasteiger partial charge on any atom is -0.378 e. The SMILES string of the molecule is CN1CCN(c2ccc(-c3nc4c(N[C@H]5[C@H](C(=O)N(C)C)[C@@H]6C=C[C@@H]5C6)c(Cl)cnc4[nH]3)cc2)CC1. The van der Waals surface area contributed by atoms with Crippen molar-refractivity contribution in [3.05, 3.63) is 47.6 Å². The van der Waals surface area contributed by atoms with Crippen molar-refractivity contribution in [1.82, 2.24) is 24.8 Å². The summed E-state index contributed by atoms with van der Waals surface area (Å²) in [6, 6.07) is 8.50. The highest BCUT2D eigenvalue weighted by Gasteiger charge is 2.49. The van der Waals surface area contributed by atoms with E-state index >= 15 is 0 Å². The number of rotatable bonds is 5. The lowest BCUT2D eigenvalue weighted by molar-refractivity contribution is -0.133. The van der Waals surface area contributed by atoms with Gasteiger partial charge < -0.3 is 25.0 Å². The molecule has 2 aromatic heterocycles. The van der Waals surface area contributed by atoms with Crippen molar-refractivity contribution in [3.63, 3.8) is 0 Å². The summed E-state index contributed by atoms with van der Waals surface area (Å²) in [5.41, 5.74) is 4.34. The molecular weight excluding hydrogens is 474 g/mol. The molecule has 8 nitrogen and oxygen atoms in total. The Morgan fingerprint density at radius 1 is 1.11 bits per heavy atom. The van der Waals surface area contributed by atoms with Crippen LogP contribution < -0.4 is 10.2 Å². The number of pyridine rings is 1. The van der Waals surface area contributed by atoms with Gasteiger partial charge in [-0.1, -0.05) is 23.8 Å². The lowest BCUT2D eigenvalue weighted by atomic mass is 9.87. The van der Waals surface area contributed by atoms with Crippen molar-refractivity contribution in [3.8, 4) is 11.4 Å². The predicted molar refractivity (Wildman–Crippen MR) is 144 cm³/mol. The van der Waals surface area contributed by atoms with Crippen LogP contribution in [0.5, 0.6) is 0 Å². The van der Waals surface area contributed by atoms with Gasteiger partial charge in [0.05, 0.1) is 22.8 Å². The zero-order valence-corrected chi connectivity index (χ0v) is 21.7. The van der Waals surface area contributed by atoms with E-state index in [1.807, 2.05) is 14.1 Å². The van der Waals surface area contributed by atoms with Crippen LogP contribution in [0, 0.1) is 17.8 Å². The monoisotopic (exact) mass is 505 g/mol. The quantitative estimate of drug-likeness (QED) is 0.514. The molecule has 3 aromatic rings. The van der Waals surface area contributed by atoms with E-state index in [4.69, 9.17) is 16.6 Å². The minimum absolute atomic E-state index is 0.0268. The van der Waals surface area contributed by atoms with Crippen LogP contribution in [0.2, 0.25) is 5.02 Å². The van der Waals surface area contributed by atoms with Gasteiger partial charge in [0.25, 0.3) is 0 Å². The number of fused-ring (bicyclic) bond motifs is 3. The molecule has 1 aromatic carbocycles. The highest BCUT2D eigenvalue weighted by atomic mass is 35.5. The molecule has 2 bridgehead atoms. The van der Waals surface area contributed by atoms with Gasteiger partial charge in [0.2, 0.25) is 5.91 Å². The smallest absolute Gasteiger partial charge is 0.227 e. The maximum Gasteiger partial charge on any atom is 0.227 e. The van der Waals surface area contributed by atoms with Crippen molar-refractivity contribution >= 4 is 40.0 Å². The van der Waals surface area contributed by atoms with E-state index in [0.29, 0.717) is 22.1 Å². The van der Waals surface area contributed by atoms with Gasteiger partial charge in [-0.25, -0.2) is 9.97 Å². The van der Waals surface area contributed by atoms with Crippen LogP contribution in [0.1, 0.15) is 6.42 Å². The number of aromatic amines is 1. The molecule has 2 N–H and O–H groups in total. The first-order valence-electron chi connectivity index (χ1n) is 12.6. The number of nitrogens with zero attached hydrogens (tertiary/aromatic N) is 5. The van der Waals surface area contributed by atoms with Crippen LogP contribution in [0.25, 0.3) is 22.6 Å². The lowest BCUT2D eigenvalue weighted by Gasteiger charge is -2.34. The Kier molecular flexibility index (Phi) is 5.88.